The lowest BCUT2D eigenvalue weighted by Crippen LogP contribution is -2.51. The van der Waals surface area contributed by atoms with Gasteiger partial charge in [-0.1, -0.05) is 13.8 Å². The summed E-state index contributed by atoms with van der Waals surface area (Å²) in [5.74, 6) is 0.0570. The fourth-order valence-corrected chi connectivity index (χ4v) is 4.48. The quantitative estimate of drug-likeness (QED) is 0.795. The van der Waals surface area contributed by atoms with Gasteiger partial charge >= 0.3 is 0 Å². The van der Waals surface area contributed by atoms with Gasteiger partial charge in [-0.3, -0.25) is 0 Å². The fraction of sp³-hybridized carbons (Fsp3) is 0.571. The predicted octanol–water partition coefficient (Wildman–Crippen LogP) is 1.01. The van der Waals surface area contributed by atoms with Crippen molar-refractivity contribution >= 4 is 15.7 Å². The Bertz CT molecular complexity index is 593. The highest BCUT2D eigenvalue weighted by atomic mass is 32.2. The Morgan fingerprint density at radius 2 is 1.95 bits per heavy atom. The van der Waals surface area contributed by atoms with Crippen molar-refractivity contribution in [1.82, 2.24) is 4.31 Å². The van der Waals surface area contributed by atoms with Gasteiger partial charge in [-0.15, -0.1) is 0 Å². The summed E-state index contributed by atoms with van der Waals surface area (Å²) in [6, 6.07) is 3.58. The first-order chi connectivity index (χ1) is 9.43. The number of aliphatic hydroxyl groups excluding tert-OH is 1. The number of hydrogen-bond acceptors (Lipinski definition) is 4. The van der Waals surface area contributed by atoms with Gasteiger partial charge in [-0.05, 0) is 36.1 Å². The minimum Gasteiger partial charge on any atom is -0.398 e. The molecule has 0 saturated carbocycles. The number of aliphatic hydroxyl groups is 1. The van der Waals surface area contributed by atoms with E-state index in [1.807, 2.05) is 19.9 Å². The van der Waals surface area contributed by atoms with Crippen LogP contribution in [-0.4, -0.2) is 37.5 Å². The minimum absolute atomic E-state index is 0.0315. The number of benzene rings is 1. The molecular formula is C14H22N2O3S. The number of nitrogens with two attached hydrogens (primary N) is 1. The van der Waals surface area contributed by atoms with Crippen LogP contribution in [0.3, 0.4) is 0 Å². The van der Waals surface area contributed by atoms with Crippen molar-refractivity contribution in [3.05, 3.63) is 23.3 Å². The lowest BCUT2D eigenvalue weighted by molar-refractivity contribution is 0.117. The maximum absolute atomic E-state index is 12.7. The van der Waals surface area contributed by atoms with E-state index in [2.05, 4.69) is 0 Å². The highest BCUT2D eigenvalue weighted by Gasteiger charge is 2.37. The average molecular weight is 298 g/mol. The summed E-state index contributed by atoms with van der Waals surface area (Å²) in [5.41, 5.74) is 8.16. The van der Waals surface area contributed by atoms with Crippen molar-refractivity contribution in [1.29, 1.82) is 0 Å². The molecule has 6 heteroatoms. The van der Waals surface area contributed by atoms with Crippen LogP contribution in [0, 0.1) is 5.92 Å². The van der Waals surface area contributed by atoms with Gasteiger partial charge in [0.25, 0.3) is 0 Å². The van der Waals surface area contributed by atoms with Gasteiger partial charge in [0.05, 0.1) is 4.90 Å². The Labute approximate surface area is 120 Å². The SMILES string of the molecule is CCc1cc(N)c(CC)c(S(=O)(=O)N2CC(CO)C2)c1. The second-order valence-electron chi connectivity index (χ2n) is 5.24. The Kier molecular flexibility index (Phi) is 4.36. The second-order valence-corrected chi connectivity index (χ2v) is 7.15. The summed E-state index contributed by atoms with van der Waals surface area (Å²) in [6.45, 7) is 4.69. The zero-order chi connectivity index (χ0) is 14.9. The monoisotopic (exact) mass is 298 g/mol. The number of nitrogens with zero attached hydrogens (tertiary/aromatic N) is 1. The first-order valence-corrected chi connectivity index (χ1v) is 8.40. The van der Waals surface area contributed by atoms with Crippen molar-refractivity contribution in [2.24, 2.45) is 5.92 Å². The molecule has 1 aromatic rings. The minimum atomic E-state index is -3.50. The largest absolute Gasteiger partial charge is 0.398 e. The molecule has 0 aromatic heterocycles. The molecular weight excluding hydrogens is 276 g/mol. The van der Waals surface area contributed by atoms with Crippen molar-refractivity contribution < 1.29 is 13.5 Å². The number of rotatable bonds is 5. The van der Waals surface area contributed by atoms with E-state index in [1.54, 1.807) is 6.07 Å². The first kappa shape index (κ1) is 15.3. The van der Waals surface area contributed by atoms with E-state index in [1.165, 1.54) is 4.31 Å². The molecule has 0 aliphatic carbocycles. The van der Waals surface area contributed by atoms with E-state index < -0.39 is 10.0 Å². The Morgan fingerprint density at radius 3 is 2.45 bits per heavy atom. The van der Waals surface area contributed by atoms with Gasteiger partial charge < -0.3 is 10.8 Å². The molecule has 2 rings (SSSR count). The van der Waals surface area contributed by atoms with Gasteiger partial charge in [-0.25, -0.2) is 8.42 Å². The molecule has 0 amide bonds. The van der Waals surface area contributed by atoms with Crippen LogP contribution in [0.4, 0.5) is 5.69 Å². The van der Waals surface area contributed by atoms with Crippen LogP contribution in [0.5, 0.6) is 0 Å². The lowest BCUT2D eigenvalue weighted by Gasteiger charge is -2.37. The van der Waals surface area contributed by atoms with Crippen molar-refractivity contribution in [3.8, 4) is 0 Å². The van der Waals surface area contributed by atoms with Crippen molar-refractivity contribution in [3.63, 3.8) is 0 Å². The molecule has 112 valence electrons. The normalized spacial score (nSPS) is 17.1. The molecule has 1 aromatic carbocycles. The highest BCUT2D eigenvalue weighted by molar-refractivity contribution is 7.89. The van der Waals surface area contributed by atoms with Crippen LogP contribution < -0.4 is 5.73 Å². The molecule has 5 nitrogen and oxygen atoms in total. The van der Waals surface area contributed by atoms with E-state index in [-0.39, 0.29) is 12.5 Å². The maximum Gasteiger partial charge on any atom is 0.243 e. The molecule has 0 bridgehead atoms. The Hall–Kier alpha value is -1.11. The predicted molar refractivity (Wildman–Crippen MR) is 78.9 cm³/mol. The van der Waals surface area contributed by atoms with Gasteiger partial charge in [-0.2, -0.15) is 4.31 Å². The van der Waals surface area contributed by atoms with Gasteiger partial charge in [0.1, 0.15) is 0 Å². The molecule has 0 atom stereocenters. The van der Waals surface area contributed by atoms with Crippen LogP contribution in [0.15, 0.2) is 17.0 Å². The van der Waals surface area contributed by atoms with Gasteiger partial charge in [0.2, 0.25) is 10.0 Å². The van der Waals surface area contributed by atoms with E-state index in [4.69, 9.17) is 10.8 Å². The molecule has 1 fully saturated rings. The Balaban J connectivity index is 2.43. The van der Waals surface area contributed by atoms with E-state index >= 15 is 0 Å². The van der Waals surface area contributed by atoms with Crippen LogP contribution >= 0.6 is 0 Å². The molecule has 1 aliphatic rings. The third kappa shape index (κ3) is 2.55. The van der Waals surface area contributed by atoms with Crippen LogP contribution in [0.2, 0.25) is 0 Å². The second kappa shape index (κ2) is 5.71. The number of anilines is 1. The van der Waals surface area contributed by atoms with Crippen LogP contribution in [-0.2, 0) is 22.9 Å². The number of aryl methyl sites for hydroxylation is 1. The lowest BCUT2D eigenvalue weighted by atomic mass is 10.1. The molecule has 20 heavy (non-hydrogen) atoms. The zero-order valence-corrected chi connectivity index (χ0v) is 12.8. The zero-order valence-electron chi connectivity index (χ0n) is 12.0. The number of nitrogen functional groups attached to an aromatic ring is 1. The fourth-order valence-electron chi connectivity index (χ4n) is 2.51. The summed E-state index contributed by atoms with van der Waals surface area (Å²) < 4.78 is 26.7. The van der Waals surface area contributed by atoms with E-state index in [0.29, 0.717) is 35.7 Å². The average Bonchev–Trinajstić information content (AvgIpc) is 2.36. The van der Waals surface area contributed by atoms with Crippen molar-refractivity contribution in [2.75, 3.05) is 25.4 Å². The molecule has 3 N–H and O–H groups in total. The van der Waals surface area contributed by atoms with Gasteiger partial charge in [0, 0.05) is 31.3 Å². The van der Waals surface area contributed by atoms with Crippen molar-refractivity contribution in [2.45, 2.75) is 31.6 Å². The highest BCUT2D eigenvalue weighted by Crippen LogP contribution is 2.31. The summed E-state index contributed by atoms with van der Waals surface area (Å²) >= 11 is 0. The standard InChI is InChI=1S/C14H22N2O3S/c1-3-10-5-13(15)12(4-2)14(6-10)20(18,19)16-7-11(8-16)9-17/h5-6,11,17H,3-4,7-9,15H2,1-2H3. The molecule has 0 spiro atoms. The molecule has 1 heterocycles. The number of hydrogen-bond donors (Lipinski definition) is 2. The Morgan fingerprint density at radius 1 is 1.30 bits per heavy atom. The summed E-state index contributed by atoms with van der Waals surface area (Å²) in [4.78, 5) is 0.327. The molecule has 1 saturated heterocycles. The summed E-state index contributed by atoms with van der Waals surface area (Å²) in [5, 5.41) is 9.03. The smallest absolute Gasteiger partial charge is 0.243 e. The topological polar surface area (TPSA) is 83.6 Å². The van der Waals surface area contributed by atoms with E-state index in [0.717, 1.165) is 12.0 Å². The molecule has 1 aliphatic heterocycles. The summed E-state index contributed by atoms with van der Waals surface area (Å²) in [6.07, 6.45) is 1.33. The maximum atomic E-state index is 12.7. The third-order valence-electron chi connectivity index (χ3n) is 3.86. The van der Waals surface area contributed by atoms with E-state index in [9.17, 15) is 8.42 Å². The summed E-state index contributed by atoms with van der Waals surface area (Å²) in [7, 11) is -3.50. The van der Waals surface area contributed by atoms with Crippen LogP contribution in [0.25, 0.3) is 0 Å². The van der Waals surface area contributed by atoms with Gasteiger partial charge in [0.15, 0.2) is 0 Å². The molecule has 0 radical (unpaired) electrons. The third-order valence-corrected chi connectivity index (χ3v) is 5.76. The first-order valence-electron chi connectivity index (χ1n) is 6.96. The van der Waals surface area contributed by atoms with Crippen LogP contribution in [0.1, 0.15) is 25.0 Å². The molecule has 0 unspecified atom stereocenters. The number of sulfonamides is 1.